The highest BCUT2D eigenvalue weighted by Gasteiger charge is 2.24. The number of nitrogens with one attached hydrogen (secondary N) is 1. The summed E-state index contributed by atoms with van der Waals surface area (Å²) in [7, 11) is 0. The van der Waals surface area contributed by atoms with E-state index >= 15 is 0 Å². The Morgan fingerprint density at radius 1 is 1.14 bits per heavy atom. The van der Waals surface area contributed by atoms with Crippen molar-refractivity contribution in [3.63, 3.8) is 0 Å². The minimum Gasteiger partial charge on any atom is -0.261 e. The molecule has 2 unspecified atom stereocenters. The van der Waals surface area contributed by atoms with E-state index in [9.17, 15) is 0 Å². The van der Waals surface area contributed by atoms with Crippen molar-refractivity contribution in [2.24, 2.45) is 5.92 Å². The van der Waals surface area contributed by atoms with Gasteiger partial charge in [0.2, 0.25) is 0 Å². The van der Waals surface area contributed by atoms with Crippen molar-refractivity contribution in [1.82, 2.24) is 4.72 Å². The Morgan fingerprint density at radius 3 is 2.55 bits per heavy atom. The number of hydrogen-bond acceptors (Lipinski definition) is 3. The van der Waals surface area contributed by atoms with E-state index in [0.29, 0.717) is 5.92 Å². The van der Waals surface area contributed by atoms with Gasteiger partial charge in [-0.3, -0.25) is 4.72 Å². The molecule has 0 spiro atoms. The van der Waals surface area contributed by atoms with Crippen molar-refractivity contribution in [3.8, 4) is 0 Å². The van der Waals surface area contributed by atoms with Crippen LogP contribution in [0.5, 0.6) is 0 Å². The summed E-state index contributed by atoms with van der Waals surface area (Å²) >= 11 is 3.92. The highest BCUT2D eigenvalue weighted by molar-refractivity contribution is 7.99. The normalized spacial score (nSPS) is 22.2. The highest BCUT2D eigenvalue weighted by atomic mass is 32.2. The Balaban J connectivity index is 1.76. The standard InChI is InChI=1S/C19H31NS2/c1-4-22-20-19-8-6-5-7-17(19)13-14-21-18-11-9-16(10-12-18)15(2)3/h9-12,15,17,19-20H,4-8,13-14H2,1-3H3. The molecular formula is C19H31NS2. The number of hydrogen-bond donors (Lipinski definition) is 1. The van der Waals surface area contributed by atoms with Crippen molar-refractivity contribution >= 4 is 23.7 Å². The van der Waals surface area contributed by atoms with Crippen LogP contribution in [-0.4, -0.2) is 17.5 Å². The lowest BCUT2D eigenvalue weighted by Crippen LogP contribution is -2.35. The average molecular weight is 338 g/mol. The van der Waals surface area contributed by atoms with E-state index in [1.165, 1.54) is 54.1 Å². The molecule has 0 bridgehead atoms. The monoisotopic (exact) mass is 337 g/mol. The van der Waals surface area contributed by atoms with Gasteiger partial charge in [-0.25, -0.2) is 0 Å². The molecule has 1 aliphatic carbocycles. The van der Waals surface area contributed by atoms with E-state index in [-0.39, 0.29) is 0 Å². The Kier molecular flexibility index (Phi) is 8.19. The molecule has 1 nitrogen and oxygen atoms in total. The second-order valence-electron chi connectivity index (χ2n) is 6.56. The quantitative estimate of drug-likeness (QED) is 0.454. The smallest absolute Gasteiger partial charge is 0.0200 e. The van der Waals surface area contributed by atoms with Gasteiger partial charge < -0.3 is 0 Å². The summed E-state index contributed by atoms with van der Waals surface area (Å²) in [5.41, 5.74) is 1.44. The molecule has 0 radical (unpaired) electrons. The zero-order chi connectivity index (χ0) is 15.8. The molecule has 0 saturated heterocycles. The number of thioether (sulfide) groups is 1. The summed E-state index contributed by atoms with van der Waals surface area (Å²) in [4.78, 5) is 1.42. The van der Waals surface area contributed by atoms with Crippen LogP contribution < -0.4 is 4.72 Å². The van der Waals surface area contributed by atoms with Crippen molar-refractivity contribution in [2.45, 2.75) is 69.7 Å². The van der Waals surface area contributed by atoms with Gasteiger partial charge in [0.15, 0.2) is 0 Å². The largest absolute Gasteiger partial charge is 0.261 e. The molecule has 0 aromatic heterocycles. The van der Waals surface area contributed by atoms with E-state index < -0.39 is 0 Å². The molecule has 1 aliphatic rings. The second kappa shape index (κ2) is 9.89. The lowest BCUT2D eigenvalue weighted by Gasteiger charge is -2.31. The van der Waals surface area contributed by atoms with Crippen LogP contribution in [0.4, 0.5) is 0 Å². The van der Waals surface area contributed by atoms with E-state index in [1.54, 1.807) is 0 Å². The van der Waals surface area contributed by atoms with E-state index in [1.807, 2.05) is 23.7 Å². The van der Waals surface area contributed by atoms with Crippen LogP contribution >= 0.6 is 23.7 Å². The molecular weight excluding hydrogens is 306 g/mol. The summed E-state index contributed by atoms with van der Waals surface area (Å²) in [5.74, 6) is 3.92. The molecule has 0 heterocycles. The molecule has 0 amide bonds. The Morgan fingerprint density at radius 2 is 1.86 bits per heavy atom. The first-order valence-corrected chi connectivity index (χ1v) is 10.8. The van der Waals surface area contributed by atoms with Gasteiger partial charge in [-0.15, -0.1) is 11.8 Å². The third-order valence-electron chi connectivity index (χ3n) is 4.59. The third kappa shape index (κ3) is 5.82. The molecule has 2 rings (SSSR count). The highest BCUT2D eigenvalue weighted by Crippen LogP contribution is 2.31. The first-order valence-electron chi connectivity index (χ1n) is 8.80. The summed E-state index contributed by atoms with van der Waals surface area (Å²) in [6.07, 6.45) is 6.95. The maximum Gasteiger partial charge on any atom is 0.0200 e. The Labute approximate surface area is 145 Å². The van der Waals surface area contributed by atoms with Crippen LogP contribution in [0.3, 0.4) is 0 Å². The van der Waals surface area contributed by atoms with Crippen LogP contribution in [0.1, 0.15) is 64.4 Å². The predicted octanol–water partition coefficient (Wildman–Crippen LogP) is 6.11. The topological polar surface area (TPSA) is 12.0 Å². The van der Waals surface area contributed by atoms with Crippen LogP contribution in [-0.2, 0) is 0 Å². The van der Waals surface area contributed by atoms with E-state index in [0.717, 1.165) is 12.0 Å². The fourth-order valence-corrected chi connectivity index (χ4v) is 4.85. The molecule has 1 N–H and O–H groups in total. The number of benzene rings is 1. The Hall–Kier alpha value is -0.120. The van der Waals surface area contributed by atoms with Crippen molar-refractivity contribution < 1.29 is 0 Å². The molecule has 124 valence electrons. The van der Waals surface area contributed by atoms with Gasteiger partial charge in [0.05, 0.1) is 0 Å². The zero-order valence-electron chi connectivity index (χ0n) is 14.3. The molecule has 1 aromatic carbocycles. The van der Waals surface area contributed by atoms with Crippen LogP contribution in [0.25, 0.3) is 0 Å². The van der Waals surface area contributed by atoms with Gasteiger partial charge in [0.25, 0.3) is 0 Å². The fraction of sp³-hybridized carbons (Fsp3) is 0.684. The minimum atomic E-state index is 0.629. The first kappa shape index (κ1) is 18.2. The maximum atomic E-state index is 3.70. The SMILES string of the molecule is CCSNC1CCCCC1CCSc1ccc(C(C)C)cc1. The first-order chi connectivity index (χ1) is 10.7. The van der Waals surface area contributed by atoms with Gasteiger partial charge in [0, 0.05) is 16.7 Å². The van der Waals surface area contributed by atoms with Crippen LogP contribution in [0, 0.1) is 5.92 Å². The molecule has 0 aliphatic heterocycles. The van der Waals surface area contributed by atoms with Crippen molar-refractivity contribution in [2.75, 3.05) is 11.5 Å². The van der Waals surface area contributed by atoms with E-state index in [2.05, 4.69) is 49.8 Å². The van der Waals surface area contributed by atoms with Crippen molar-refractivity contribution in [3.05, 3.63) is 29.8 Å². The molecule has 3 heteroatoms. The predicted molar refractivity (Wildman–Crippen MR) is 103 cm³/mol. The fourth-order valence-electron chi connectivity index (χ4n) is 3.18. The third-order valence-corrected chi connectivity index (χ3v) is 6.40. The maximum absolute atomic E-state index is 3.70. The van der Waals surface area contributed by atoms with Gasteiger partial charge in [-0.2, -0.15) is 0 Å². The summed E-state index contributed by atoms with van der Waals surface area (Å²) in [6.45, 7) is 6.74. The number of rotatable bonds is 8. The summed E-state index contributed by atoms with van der Waals surface area (Å²) in [6, 6.07) is 9.90. The lowest BCUT2D eigenvalue weighted by molar-refractivity contribution is 0.289. The molecule has 22 heavy (non-hydrogen) atoms. The average Bonchev–Trinajstić information content (AvgIpc) is 2.54. The van der Waals surface area contributed by atoms with Gasteiger partial charge >= 0.3 is 0 Å². The second-order valence-corrected chi connectivity index (χ2v) is 8.83. The molecule has 1 aromatic rings. The molecule has 1 fully saturated rings. The van der Waals surface area contributed by atoms with Gasteiger partial charge in [0.1, 0.15) is 0 Å². The zero-order valence-corrected chi connectivity index (χ0v) is 15.9. The minimum absolute atomic E-state index is 0.629. The summed E-state index contributed by atoms with van der Waals surface area (Å²) in [5, 5.41) is 0. The lowest BCUT2D eigenvalue weighted by atomic mass is 9.83. The van der Waals surface area contributed by atoms with Crippen molar-refractivity contribution in [1.29, 1.82) is 0 Å². The van der Waals surface area contributed by atoms with Crippen LogP contribution in [0.15, 0.2) is 29.2 Å². The van der Waals surface area contributed by atoms with E-state index in [4.69, 9.17) is 0 Å². The van der Waals surface area contributed by atoms with Crippen LogP contribution in [0.2, 0.25) is 0 Å². The Bertz CT molecular complexity index is 416. The summed E-state index contributed by atoms with van der Waals surface area (Å²) < 4.78 is 3.70. The molecule has 1 saturated carbocycles. The van der Waals surface area contributed by atoms with Gasteiger partial charge in [-0.05, 0) is 54.5 Å². The molecule has 2 atom stereocenters. The van der Waals surface area contributed by atoms with Gasteiger partial charge in [-0.1, -0.05) is 57.7 Å².